The molecular formula is C21H21N5O2S. The molecule has 2 aromatic heterocycles. The molecule has 0 aliphatic heterocycles. The molecule has 7 nitrogen and oxygen atoms in total. The minimum Gasteiger partial charge on any atom is -0.349 e. The van der Waals surface area contributed by atoms with Gasteiger partial charge in [0, 0.05) is 19.5 Å². The number of benzene rings is 2. The largest absolute Gasteiger partial charge is 0.349 e. The topological polar surface area (TPSA) is 84.7 Å². The molecule has 0 fully saturated rings. The summed E-state index contributed by atoms with van der Waals surface area (Å²) in [6.45, 7) is 3.37. The second kappa shape index (κ2) is 8.00. The molecule has 2 aromatic carbocycles. The number of nitrogens with one attached hydrogen (secondary N) is 2. The molecule has 148 valence electrons. The number of hydrogen-bond donors (Lipinski definition) is 2. The summed E-state index contributed by atoms with van der Waals surface area (Å²) in [6, 6.07) is 15.1. The zero-order valence-corrected chi connectivity index (χ0v) is 16.8. The first kappa shape index (κ1) is 19.1. The number of aromatic amines is 1. The summed E-state index contributed by atoms with van der Waals surface area (Å²) < 4.78 is 3.83. The van der Waals surface area contributed by atoms with Gasteiger partial charge in [0.25, 0.3) is 5.56 Å². The maximum Gasteiger partial charge on any atom is 0.262 e. The Balaban J connectivity index is 1.46. The molecule has 0 aliphatic carbocycles. The molecule has 0 atom stereocenters. The summed E-state index contributed by atoms with van der Waals surface area (Å²) in [5, 5.41) is 3.45. The third kappa shape index (κ3) is 3.71. The number of para-hydroxylation sites is 3. The van der Waals surface area contributed by atoms with Crippen LogP contribution in [0.1, 0.15) is 19.2 Å². The van der Waals surface area contributed by atoms with Gasteiger partial charge in [-0.05, 0) is 43.4 Å². The standard InChI is InChI=1S/C21H21N5O2S/c1-2-25-17-10-6-5-9-16(17)23-18(25)13-22-19(27)11-12-26-20(28)14-7-3-4-8-15(14)24-21(26)29/h3-10H,2,11-13H2,1H3,(H,22,27)(H,24,29). The molecule has 0 saturated carbocycles. The molecule has 0 spiro atoms. The predicted molar refractivity (Wildman–Crippen MR) is 115 cm³/mol. The molecule has 29 heavy (non-hydrogen) atoms. The number of aryl methyl sites for hydroxylation is 1. The van der Waals surface area contributed by atoms with Crippen LogP contribution in [0.2, 0.25) is 0 Å². The highest BCUT2D eigenvalue weighted by atomic mass is 32.1. The van der Waals surface area contributed by atoms with Crippen LogP contribution in [0.4, 0.5) is 0 Å². The van der Waals surface area contributed by atoms with Crippen LogP contribution in [0, 0.1) is 4.77 Å². The van der Waals surface area contributed by atoms with E-state index < -0.39 is 0 Å². The van der Waals surface area contributed by atoms with Crippen LogP contribution in [-0.4, -0.2) is 25.0 Å². The van der Waals surface area contributed by atoms with E-state index in [2.05, 4.69) is 19.9 Å². The van der Waals surface area contributed by atoms with Crippen molar-refractivity contribution in [2.75, 3.05) is 0 Å². The number of rotatable bonds is 6. The van der Waals surface area contributed by atoms with Crippen molar-refractivity contribution in [2.45, 2.75) is 33.0 Å². The fourth-order valence-electron chi connectivity index (χ4n) is 3.49. The van der Waals surface area contributed by atoms with Crippen molar-refractivity contribution in [1.82, 2.24) is 24.4 Å². The maximum atomic E-state index is 12.7. The average molecular weight is 407 g/mol. The van der Waals surface area contributed by atoms with Crippen molar-refractivity contribution < 1.29 is 4.79 Å². The molecule has 0 saturated heterocycles. The number of imidazole rings is 1. The lowest BCUT2D eigenvalue weighted by atomic mass is 10.2. The maximum absolute atomic E-state index is 12.7. The third-order valence-corrected chi connectivity index (χ3v) is 5.27. The van der Waals surface area contributed by atoms with Gasteiger partial charge in [-0.25, -0.2) is 4.98 Å². The normalized spacial score (nSPS) is 11.2. The molecule has 0 aliphatic rings. The van der Waals surface area contributed by atoms with Crippen LogP contribution in [0.15, 0.2) is 53.3 Å². The van der Waals surface area contributed by atoms with E-state index in [0.717, 1.165) is 23.4 Å². The minimum atomic E-state index is -0.190. The Bertz CT molecular complexity index is 1320. The van der Waals surface area contributed by atoms with E-state index in [1.807, 2.05) is 43.3 Å². The van der Waals surface area contributed by atoms with E-state index in [1.165, 1.54) is 4.57 Å². The predicted octanol–water partition coefficient (Wildman–Crippen LogP) is 3.14. The van der Waals surface area contributed by atoms with Crippen LogP contribution in [0.25, 0.3) is 21.9 Å². The summed E-state index contributed by atoms with van der Waals surface area (Å²) in [6.07, 6.45) is 0.155. The molecule has 4 rings (SSSR count). The van der Waals surface area contributed by atoms with Gasteiger partial charge in [-0.1, -0.05) is 24.3 Å². The highest BCUT2D eigenvalue weighted by molar-refractivity contribution is 7.71. The first-order valence-electron chi connectivity index (χ1n) is 9.51. The molecule has 2 heterocycles. The molecule has 4 aromatic rings. The Morgan fingerprint density at radius 2 is 1.90 bits per heavy atom. The number of carbonyl (C=O) groups is 1. The second-order valence-corrected chi connectivity index (χ2v) is 7.11. The number of hydrogen-bond acceptors (Lipinski definition) is 4. The van der Waals surface area contributed by atoms with Crippen LogP contribution < -0.4 is 10.9 Å². The Labute approximate surface area is 172 Å². The fourth-order valence-corrected chi connectivity index (χ4v) is 3.78. The Morgan fingerprint density at radius 1 is 1.14 bits per heavy atom. The number of aromatic nitrogens is 4. The monoisotopic (exact) mass is 407 g/mol. The Kier molecular flexibility index (Phi) is 5.26. The van der Waals surface area contributed by atoms with Gasteiger partial charge in [0.05, 0.1) is 28.5 Å². The zero-order valence-electron chi connectivity index (χ0n) is 16.0. The Morgan fingerprint density at radius 3 is 2.72 bits per heavy atom. The van der Waals surface area contributed by atoms with E-state index >= 15 is 0 Å². The van der Waals surface area contributed by atoms with E-state index in [-0.39, 0.29) is 24.4 Å². The number of carbonyl (C=O) groups excluding carboxylic acids is 1. The van der Waals surface area contributed by atoms with Gasteiger partial charge in [-0.3, -0.25) is 14.2 Å². The summed E-state index contributed by atoms with van der Waals surface area (Å²) in [5.74, 6) is 0.649. The quantitative estimate of drug-likeness (QED) is 0.481. The number of nitrogens with zero attached hydrogens (tertiary/aromatic N) is 3. The van der Waals surface area contributed by atoms with Crippen molar-refractivity contribution in [3.8, 4) is 0 Å². The lowest BCUT2D eigenvalue weighted by molar-refractivity contribution is -0.121. The SMILES string of the molecule is CCn1c(CNC(=O)CCn2c(=S)[nH]c3ccccc3c2=O)nc2ccccc21. The van der Waals surface area contributed by atoms with Crippen molar-refractivity contribution in [2.24, 2.45) is 0 Å². The number of H-pyrrole nitrogens is 1. The summed E-state index contributed by atoms with van der Waals surface area (Å²) in [7, 11) is 0. The van der Waals surface area contributed by atoms with Crippen molar-refractivity contribution in [3.05, 3.63) is 69.5 Å². The lowest BCUT2D eigenvalue weighted by Crippen LogP contribution is -2.28. The van der Waals surface area contributed by atoms with Gasteiger partial charge in [-0.15, -0.1) is 0 Å². The summed E-state index contributed by atoms with van der Waals surface area (Å²) in [4.78, 5) is 32.7. The Hall–Kier alpha value is -3.26. The molecule has 0 bridgehead atoms. The van der Waals surface area contributed by atoms with Gasteiger partial charge in [-0.2, -0.15) is 0 Å². The van der Waals surface area contributed by atoms with Crippen molar-refractivity contribution >= 4 is 40.1 Å². The molecule has 8 heteroatoms. The first-order chi connectivity index (χ1) is 14.1. The molecule has 0 unspecified atom stereocenters. The van der Waals surface area contributed by atoms with Gasteiger partial charge in [0.1, 0.15) is 5.82 Å². The highest BCUT2D eigenvalue weighted by Crippen LogP contribution is 2.15. The van der Waals surface area contributed by atoms with Gasteiger partial charge in [0.2, 0.25) is 5.91 Å². The molecule has 0 radical (unpaired) electrons. The molecular weight excluding hydrogens is 386 g/mol. The van der Waals surface area contributed by atoms with E-state index in [4.69, 9.17) is 12.2 Å². The van der Waals surface area contributed by atoms with Gasteiger partial charge >= 0.3 is 0 Å². The van der Waals surface area contributed by atoms with Gasteiger partial charge < -0.3 is 14.9 Å². The van der Waals surface area contributed by atoms with E-state index in [1.54, 1.807) is 12.1 Å². The molecule has 1 amide bonds. The fraction of sp³-hybridized carbons (Fsp3) is 0.238. The van der Waals surface area contributed by atoms with E-state index in [9.17, 15) is 9.59 Å². The van der Waals surface area contributed by atoms with Crippen LogP contribution in [0.5, 0.6) is 0 Å². The molecule has 2 N–H and O–H groups in total. The minimum absolute atomic E-state index is 0.155. The summed E-state index contributed by atoms with van der Waals surface area (Å²) in [5.41, 5.74) is 2.47. The number of fused-ring (bicyclic) bond motifs is 2. The smallest absolute Gasteiger partial charge is 0.262 e. The first-order valence-corrected chi connectivity index (χ1v) is 9.92. The zero-order chi connectivity index (χ0) is 20.4. The highest BCUT2D eigenvalue weighted by Gasteiger charge is 2.11. The second-order valence-electron chi connectivity index (χ2n) is 6.72. The van der Waals surface area contributed by atoms with Crippen LogP contribution in [0.3, 0.4) is 0 Å². The van der Waals surface area contributed by atoms with Crippen LogP contribution in [-0.2, 0) is 24.4 Å². The van der Waals surface area contributed by atoms with Crippen molar-refractivity contribution in [3.63, 3.8) is 0 Å². The van der Waals surface area contributed by atoms with E-state index in [0.29, 0.717) is 22.2 Å². The third-order valence-electron chi connectivity index (χ3n) is 4.95. The lowest BCUT2D eigenvalue weighted by Gasteiger charge is -2.10. The summed E-state index contributed by atoms with van der Waals surface area (Å²) >= 11 is 5.29. The average Bonchev–Trinajstić information content (AvgIpc) is 3.09. The van der Waals surface area contributed by atoms with Gasteiger partial charge in [0.15, 0.2) is 4.77 Å². The van der Waals surface area contributed by atoms with Crippen LogP contribution >= 0.6 is 12.2 Å². The van der Waals surface area contributed by atoms with Crippen molar-refractivity contribution in [1.29, 1.82) is 0 Å². The number of amides is 1.